The molecule has 0 aromatic carbocycles. The van der Waals surface area contributed by atoms with Crippen LogP contribution in [0.15, 0.2) is 12.3 Å². The minimum absolute atomic E-state index is 0.318. The molecule has 0 bridgehead atoms. The first kappa shape index (κ1) is 9.33. The molecule has 1 aromatic heterocycles. The average Bonchev–Trinajstić information content (AvgIpc) is 2.16. The van der Waals surface area contributed by atoms with Gasteiger partial charge < -0.3 is 10.5 Å². The van der Waals surface area contributed by atoms with E-state index >= 15 is 0 Å². The lowest BCUT2D eigenvalue weighted by atomic mass is 10.2. The molecule has 1 heterocycles. The number of hydrogen-bond acceptors (Lipinski definition) is 4. The number of pyridine rings is 1. The summed E-state index contributed by atoms with van der Waals surface area (Å²) in [6, 6.07) is 3.53. The van der Waals surface area contributed by atoms with Crippen molar-refractivity contribution in [1.29, 1.82) is 5.26 Å². The van der Waals surface area contributed by atoms with Crippen LogP contribution in [0.5, 0.6) is 5.88 Å². The third-order valence-corrected chi connectivity index (χ3v) is 1.52. The molecule has 0 amide bonds. The lowest BCUT2D eigenvalue weighted by Gasteiger charge is -2.06. The molecular weight excluding hydrogens is 166 g/mol. The zero-order valence-corrected chi connectivity index (χ0v) is 7.45. The fourth-order valence-corrected chi connectivity index (χ4v) is 0.865. The second kappa shape index (κ2) is 4.31. The Bertz CT molecular complexity index is 330. The number of nitrogens with zero attached hydrogens (tertiary/aromatic N) is 2. The van der Waals surface area contributed by atoms with Crippen molar-refractivity contribution in [1.82, 2.24) is 4.98 Å². The molecule has 0 aliphatic heterocycles. The fourth-order valence-electron chi connectivity index (χ4n) is 0.865. The second-order valence-electron chi connectivity index (χ2n) is 2.54. The van der Waals surface area contributed by atoms with Crippen LogP contribution in [0, 0.1) is 11.3 Å². The summed E-state index contributed by atoms with van der Waals surface area (Å²) in [6.07, 6.45) is 2.40. The van der Waals surface area contributed by atoms with Gasteiger partial charge in [-0.2, -0.15) is 5.26 Å². The van der Waals surface area contributed by atoms with Crippen LogP contribution in [0.2, 0.25) is 0 Å². The van der Waals surface area contributed by atoms with Crippen molar-refractivity contribution in [2.24, 2.45) is 0 Å². The van der Waals surface area contributed by atoms with Gasteiger partial charge in [0.05, 0.1) is 12.2 Å². The van der Waals surface area contributed by atoms with E-state index in [1.54, 1.807) is 6.07 Å². The lowest BCUT2D eigenvalue weighted by molar-refractivity contribution is 0.307. The Morgan fingerprint density at radius 1 is 1.69 bits per heavy atom. The van der Waals surface area contributed by atoms with Gasteiger partial charge in [0, 0.05) is 6.20 Å². The Hall–Kier alpha value is -1.76. The van der Waals surface area contributed by atoms with Gasteiger partial charge in [-0.25, -0.2) is 4.98 Å². The summed E-state index contributed by atoms with van der Waals surface area (Å²) in [5.74, 6) is 0.348. The van der Waals surface area contributed by atoms with Crippen LogP contribution in [0.3, 0.4) is 0 Å². The van der Waals surface area contributed by atoms with Crippen LogP contribution in [0.4, 0.5) is 5.69 Å². The third kappa shape index (κ3) is 2.09. The number of hydrogen-bond donors (Lipinski definition) is 1. The van der Waals surface area contributed by atoms with Gasteiger partial charge in [0.15, 0.2) is 0 Å². The summed E-state index contributed by atoms with van der Waals surface area (Å²) in [6.45, 7) is 2.55. The van der Waals surface area contributed by atoms with E-state index in [1.807, 2.05) is 13.0 Å². The quantitative estimate of drug-likeness (QED) is 0.755. The highest BCUT2D eigenvalue weighted by Gasteiger charge is 2.05. The summed E-state index contributed by atoms with van der Waals surface area (Å²) in [5.41, 5.74) is 6.35. The Morgan fingerprint density at radius 3 is 3.08 bits per heavy atom. The minimum atomic E-state index is 0.318. The monoisotopic (exact) mass is 177 g/mol. The minimum Gasteiger partial charge on any atom is -0.476 e. The molecule has 0 fully saturated rings. The molecule has 0 spiro atoms. The SMILES string of the molecule is CCCOc1nccc(C#N)c1N. The molecule has 13 heavy (non-hydrogen) atoms. The molecule has 0 atom stereocenters. The summed E-state index contributed by atoms with van der Waals surface area (Å²) in [4.78, 5) is 3.93. The van der Waals surface area contributed by atoms with E-state index in [1.165, 1.54) is 6.20 Å². The standard InChI is InChI=1S/C9H11N3O/c1-2-5-13-9-8(11)7(6-10)3-4-12-9/h3-4H,2,5,11H2,1H3. The first-order valence-electron chi connectivity index (χ1n) is 4.07. The third-order valence-electron chi connectivity index (χ3n) is 1.52. The number of rotatable bonds is 3. The predicted octanol–water partition coefficient (Wildman–Crippen LogP) is 1.32. The van der Waals surface area contributed by atoms with Crippen molar-refractivity contribution in [2.75, 3.05) is 12.3 Å². The molecule has 0 unspecified atom stereocenters. The number of nitrogen functional groups attached to an aromatic ring is 1. The van der Waals surface area contributed by atoms with Gasteiger partial charge in [-0.1, -0.05) is 6.92 Å². The van der Waals surface area contributed by atoms with Crippen LogP contribution in [0.1, 0.15) is 18.9 Å². The Morgan fingerprint density at radius 2 is 2.46 bits per heavy atom. The maximum Gasteiger partial charge on any atom is 0.238 e. The number of ether oxygens (including phenoxy) is 1. The van der Waals surface area contributed by atoms with Gasteiger partial charge in [0.25, 0.3) is 0 Å². The molecular formula is C9H11N3O. The Kier molecular flexibility index (Phi) is 3.09. The number of nitrogens with two attached hydrogens (primary N) is 1. The van der Waals surface area contributed by atoms with Gasteiger partial charge in [-0.05, 0) is 12.5 Å². The van der Waals surface area contributed by atoms with Crippen molar-refractivity contribution >= 4 is 5.69 Å². The number of aromatic nitrogens is 1. The predicted molar refractivity (Wildman–Crippen MR) is 49.2 cm³/mol. The van der Waals surface area contributed by atoms with Gasteiger partial charge in [-0.3, -0.25) is 0 Å². The van der Waals surface area contributed by atoms with E-state index in [-0.39, 0.29) is 0 Å². The van der Waals surface area contributed by atoms with Crippen LogP contribution in [-0.4, -0.2) is 11.6 Å². The molecule has 4 heteroatoms. The first-order chi connectivity index (χ1) is 6.29. The van der Waals surface area contributed by atoms with E-state index in [9.17, 15) is 0 Å². The van der Waals surface area contributed by atoms with Crippen molar-refractivity contribution in [3.8, 4) is 11.9 Å². The zero-order chi connectivity index (χ0) is 9.68. The van der Waals surface area contributed by atoms with Crippen molar-refractivity contribution in [3.63, 3.8) is 0 Å². The molecule has 0 radical (unpaired) electrons. The van der Waals surface area contributed by atoms with E-state index in [0.29, 0.717) is 23.7 Å². The molecule has 4 nitrogen and oxygen atoms in total. The maximum absolute atomic E-state index is 8.65. The van der Waals surface area contributed by atoms with Gasteiger partial charge in [0.2, 0.25) is 5.88 Å². The molecule has 2 N–H and O–H groups in total. The van der Waals surface area contributed by atoms with Crippen LogP contribution >= 0.6 is 0 Å². The maximum atomic E-state index is 8.65. The highest BCUT2D eigenvalue weighted by Crippen LogP contribution is 2.21. The van der Waals surface area contributed by atoms with Crippen LogP contribution in [-0.2, 0) is 0 Å². The molecule has 1 rings (SSSR count). The first-order valence-corrected chi connectivity index (χ1v) is 4.07. The highest BCUT2D eigenvalue weighted by molar-refractivity contribution is 5.59. The van der Waals surface area contributed by atoms with E-state index in [0.717, 1.165) is 6.42 Å². The summed E-state index contributed by atoms with van der Waals surface area (Å²) in [5, 5.41) is 8.65. The van der Waals surface area contributed by atoms with Gasteiger partial charge in [0.1, 0.15) is 11.8 Å². The average molecular weight is 177 g/mol. The fraction of sp³-hybridized carbons (Fsp3) is 0.333. The molecule has 68 valence electrons. The van der Waals surface area contributed by atoms with Crippen LogP contribution < -0.4 is 10.5 Å². The Labute approximate surface area is 77.0 Å². The smallest absolute Gasteiger partial charge is 0.238 e. The topological polar surface area (TPSA) is 71.9 Å². The molecule has 1 aromatic rings. The van der Waals surface area contributed by atoms with Gasteiger partial charge in [-0.15, -0.1) is 0 Å². The number of nitriles is 1. The Balaban J connectivity index is 2.90. The molecule has 0 saturated heterocycles. The molecule has 0 saturated carbocycles. The summed E-state index contributed by atoms with van der Waals surface area (Å²) in [7, 11) is 0. The molecule has 0 aliphatic rings. The van der Waals surface area contributed by atoms with Gasteiger partial charge >= 0.3 is 0 Å². The largest absolute Gasteiger partial charge is 0.476 e. The summed E-state index contributed by atoms with van der Waals surface area (Å²) >= 11 is 0. The van der Waals surface area contributed by atoms with E-state index in [4.69, 9.17) is 15.7 Å². The van der Waals surface area contributed by atoms with E-state index < -0.39 is 0 Å². The number of anilines is 1. The lowest BCUT2D eigenvalue weighted by Crippen LogP contribution is -2.02. The van der Waals surface area contributed by atoms with Crippen LogP contribution in [0.25, 0.3) is 0 Å². The summed E-state index contributed by atoms with van der Waals surface area (Å²) < 4.78 is 5.24. The van der Waals surface area contributed by atoms with Crippen molar-refractivity contribution in [2.45, 2.75) is 13.3 Å². The second-order valence-corrected chi connectivity index (χ2v) is 2.54. The normalized spacial score (nSPS) is 9.23. The highest BCUT2D eigenvalue weighted by atomic mass is 16.5. The zero-order valence-electron chi connectivity index (χ0n) is 7.45. The van der Waals surface area contributed by atoms with E-state index in [2.05, 4.69) is 4.98 Å². The van der Waals surface area contributed by atoms with Crippen molar-refractivity contribution < 1.29 is 4.74 Å². The molecule has 0 aliphatic carbocycles. The van der Waals surface area contributed by atoms with Crippen molar-refractivity contribution in [3.05, 3.63) is 17.8 Å².